The van der Waals surface area contributed by atoms with E-state index < -0.39 is 0 Å². The molecule has 4 heteroatoms. The highest BCUT2D eigenvalue weighted by Gasteiger charge is 2.05. The van der Waals surface area contributed by atoms with Crippen molar-refractivity contribution in [3.63, 3.8) is 0 Å². The summed E-state index contributed by atoms with van der Waals surface area (Å²) in [6, 6.07) is 10.0. The van der Waals surface area contributed by atoms with Crippen molar-refractivity contribution in [1.29, 1.82) is 0 Å². The first-order valence-corrected chi connectivity index (χ1v) is 4.62. The summed E-state index contributed by atoms with van der Waals surface area (Å²) in [7, 11) is 0. The van der Waals surface area contributed by atoms with Crippen molar-refractivity contribution in [2.45, 2.75) is 13.5 Å². The van der Waals surface area contributed by atoms with Crippen LogP contribution in [0.3, 0.4) is 0 Å². The van der Waals surface area contributed by atoms with Gasteiger partial charge in [-0.3, -0.25) is 0 Å². The fourth-order valence-corrected chi connectivity index (χ4v) is 1.47. The maximum absolute atomic E-state index is 5.59. The third-order valence-electron chi connectivity index (χ3n) is 2.33. The van der Waals surface area contributed by atoms with Gasteiger partial charge in [-0.2, -0.15) is 5.10 Å². The van der Waals surface area contributed by atoms with E-state index in [0.717, 1.165) is 16.9 Å². The van der Waals surface area contributed by atoms with Crippen LogP contribution in [0.25, 0.3) is 5.69 Å². The number of halogens is 1. The van der Waals surface area contributed by atoms with E-state index in [4.69, 9.17) is 5.73 Å². The molecule has 2 N–H and O–H groups in total. The Morgan fingerprint density at radius 3 is 2.47 bits per heavy atom. The smallest absolute Gasteiger partial charge is 0.0648 e. The zero-order valence-corrected chi connectivity index (χ0v) is 9.37. The zero-order chi connectivity index (χ0) is 9.97. The molecule has 1 aromatic carbocycles. The molecule has 0 saturated carbocycles. The molecule has 0 radical (unpaired) electrons. The average molecular weight is 224 g/mol. The highest BCUT2D eigenvalue weighted by molar-refractivity contribution is 5.85. The van der Waals surface area contributed by atoms with Gasteiger partial charge in [-0.25, -0.2) is 4.68 Å². The van der Waals surface area contributed by atoms with Crippen molar-refractivity contribution in [1.82, 2.24) is 9.78 Å². The van der Waals surface area contributed by atoms with E-state index in [9.17, 15) is 0 Å². The molecular formula is C11H14ClN3. The molecule has 0 saturated heterocycles. The third kappa shape index (κ3) is 2.19. The summed E-state index contributed by atoms with van der Waals surface area (Å²) in [5.74, 6) is 0. The van der Waals surface area contributed by atoms with Gasteiger partial charge in [0.05, 0.1) is 11.9 Å². The van der Waals surface area contributed by atoms with E-state index in [1.54, 1.807) is 0 Å². The number of benzene rings is 1. The first-order valence-electron chi connectivity index (χ1n) is 4.62. The number of para-hydroxylation sites is 1. The highest BCUT2D eigenvalue weighted by atomic mass is 35.5. The van der Waals surface area contributed by atoms with Crippen molar-refractivity contribution in [2.75, 3.05) is 0 Å². The molecule has 0 aliphatic rings. The van der Waals surface area contributed by atoms with Gasteiger partial charge in [-0.05, 0) is 19.1 Å². The molecule has 0 amide bonds. The van der Waals surface area contributed by atoms with Gasteiger partial charge in [0, 0.05) is 17.8 Å². The first kappa shape index (κ1) is 11.8. The summed E-state index contributed by atoms with van der Waals surface area (Å²) in [6.45, 7) is 2.57. The summed E-state index contributed by atoms with van der Waals surface area (Å²) in [5.41, 5.74) is 8.86. The van der Waals surface area contributed by atoms with Gasteiger partial charge in [0.15, 0.2) is 0 Å². The fourth-order valence-electron chi connectivity index (χ4n) is 1.47. The normalized spacial score (nSPS) is 9.73. The Hall–Kier alpha value is -1.32. The first-order chi connectivity index (χ1) is 6.83. The summed E-state index contributed by atoms with van der Waals surface area (Å²) in [4.78, 5) is 0. The van der Waals surface area contributed by atoms with Gasteiger partial charge in [0.25, 0.3) is 0 Å². The summed E-state index contributed by atoms with van der Waals surface area (Å²) in [5, 5.41) is 4.29. The zero-order valence-electron chi connectivity index (χ0n) is 8.55. The fraction of sp³-hybridized carbons (Fsp3) is 0.182. The molecule has 0 spiro atoms. The monoisotopic (exact) mass is 223 g/mol. The second-order valence-corrected chi connectivity index (χ2v) is 3.21. The Kier molecular flexibility index (Phi) is 3.88. The van der Waals surface area contributed by atoms with Crippen LogP contribution in [0.5, 0.6) is 0 Å². The highest BCUT2D eigenvalue weighted by Crippen LogP contribution is 2.12. The lowest BCUT2D eigenvalue weighted by Gasteiger charge is -2.03. The van der Waals surface area contributed by atoms with Crippen LogP contribution in [-0.2, 0) is 6.54 Å². The maximum Gasteiger partial charge on any atom is 0.0648 e. The van der Waals surface area contributed by atoms with Crippen LogP contribution in [0.1, 0.15) is 11.3 Å². The summed E-state index contributed by atoms with van der Waals surface area (Å²) in [6.07, 6.45) is 1.82. The number of hydrogen-bond donors (Lipinski definition) is 1. The van der Waals surface area contributed by atoms with Crippen LogP contribution in [0, 0.1) is 6.92 Å². The topological polar surface area (TPSA) is 43.8 Å². The molecule has 0 aliphatic carbocycles. The number of rotatable bonds is 2. The van der Waals surface area contributed by atoms with Crippen LogP contribution in [0.2, 0.25) is 0 Å². The Bertz CT molecular complexity index is 423. The van der Waals surface area contributed by atoms with Crippen LogP contribution < -0.4 is 5.73 Å². The molecule has 1 aromatic heterocycles. The molecule has 0 fully saturated rings. The van der Waals surface area contributed by atoms with Gasteiger partial charge in [-0.1, -0.05) is 18.2 Å². The lowest BCUT2D eigenvalue weighted by atomic mass is 10.2. The minimum Gasteiger partial charge on any atom is -0.326 e. The van der Waals surface area contributed by atoms with Gasteiger partial charge in [-0.15, -0.1) is 12.4 Å². The molecule has 2 rings (SSSR count). The molecule has 1 heterocycles. The summed E-state index contributed by atoms with van der Waals surface area (Å²) >= 11 is 0. The van der Waals surface area contributed by atoms with Crippen LogP contribution >= 0.6 is 12.4 Å². The molecule has 0 atom stereocenters. The predicted octanol–water partition coefficient (Wildman–Crippen LogP) is 2.06. The predicted molar refractivity (Wildman–Crippen MR) is 63.4 cm³/mol. The SMILES string of the molecule is Cc1c(CN)cnn1-c1ccccc1.Cl. The van der Waals surface area contributed by atoms with Gasteiger partial charge in [0.2, 0.25) is 0 Å². The molecule has 0 unspecified atom stereocenters. The van der Waals surface area contributed by atoms with Gasteiger partial charge < -0.3 is 5.73 Å². The minimum atomic E-state index is 0. The molecule has 2 aromatic rings. The molecule has 0 aliphatic heterocycles. The van der Waals surface area contributed by atoms with Crippen molar-refractivity contribution >= 4 is 12.4 Å². The molecule has 15 heavy (non-hydrogen) atoms. The minimum absolute atomic E-state index is 0. The molecular weight excluding hydrogens is 210 g/mol. The summed E-state index contributed by atoms with van der Waals surface area (Å²) < 4.78 is 1.90. The van der Waals surface area contributed by atoms with E-state index in [1.807, 2.05) is 48.1 Å². The van der Waals surface area contributed by atoms with E-state index in [-0.39, 0.29) is 12.4 Å². The Morgan fingerprint density at radius 2 is 1.93 bits per heavy atom. The van der Waals surface area contributed by atoms with Gasteiger partial charge >= 0.3 is 0 Å². The lowest BCUT2D eigenvalue weighted by Crippen LogP contribution is -2.01. The standard InChI is InChI=1S/C11H13N3.ClH/c1-9-10(7-12)8-13-14(9)11-5-3-2-4-6-11;/h2-6,8H,7,12H2,1H3;1H. The second kappa shape index (κ2) is 4.96. The number of nitrogens with two attached hydrogens (primary N) is 1. The van der Waals surface area contributed by atoms with Crippen molar-refractivity contribution in [3.8, 4) is 5.69 Å². The largest absolute Gasteiger partial charge is 0.326 e. The second-order valence-electron chi connectivity index (χ2n) is 3.21. The average Bonchev–Trinajstić information content (AvgIpc) is 2.61. The Morgan fingerprint density at radius 1 is 1.27 bits per heavy atom. The van der Waals surface area contributed by atoms with Crippen LogP contribution in [0.4, 0.5) is 0 Å². The maximum atomic E-state index is 5.59. The van der Waals surface area contributed by atoms with E-state index in [0.29, 0.717) is 6.54 Å². The molecule has 3 nitrogen and oxygen atoms in total. The van der Waals surface area contributed by atoms with Crippen molar-refractivity contribution in [2.24, 2.45) is 5.73 Å². The third-order valence-corrected chi connectivity index (χ3v) is 2.33. The van der Waals surface area contributed by atoms with Crippen molar-refractivity contribution < 1.29 is 0 Å². The number of nitrogens with zero attached hydrogens (tertiary/aromatic N) is 2. The number of aromatic nitrogens is 2. The Balaban J connectivity index is 0.00000112. The lowest BCUT2D eigenvalue weighted by molar-refractivity contribution is 0.843. The molecule has 0 bridgehead atoms. The quantitative estimate of drug-likeness (QED) is 0.847. The van der Waals surface area contributed by atoms with Crippen LogP contribution in [0.15, 0.2) is 36.5 Å². The van der Waals surface area contributed by atoms with Gasteiger partial charge in [0.1, 0.15) is 0 Å². The van der Waals surface area contributed by atoms with Crippen molar-refractivity contribution in [3.05, 3.63) is 47.8 Å². The van der Waals surface area contributed by atoms with E-state index in [2.05, 4.69) is 5.10 Å². The van der Waals surface area contributed by atoms with E-state index >= 15 is 0 Å². The number of hydrogen-bond acceptors (Lipinski definition) is 2. The Labute approximate surface area is 95.3 Å². The molecule has 80 valence electrons. The van der Waals surface area contributed by atoms with Crippen LogP contribution in [-0.4, -0.2) is 9.78 Å². The van der Waals surface area contributed by atoms with E-state index in [1.165, 1.54) is 0 Å².